The quantitative estimate of drug-likeness (QED) is 0.173. The summed E-state index contributed by atoms with van der Waals surface area (Å²) < 4.78 is 13.5. The zero-order chi connectivity index (χ0) is 29.0. The summed E-state index contributed by atoms with van der Waals surface area (Å²) in [5.41, 5.74) is 2.73. The van der Waals surface area contributed by atoms with Gasteiger partial charge in [-0.25, -0.2) is 4.39 Å². The van der Waals surface area contributed by atoms with Crippen molar-refractivity contribution in [2.24, 2.45) is 0 Å². The SMILES string of the molecule is O=C(O)CC(NCCCc1ccccc1)C(=O)N[C@@H](Cc1ccc(F)cc1)C(=O)NCc1cccc2ccccc12. The number of aliphatic carboxylic acids is 1. The van der Waals surface area contributed by atoms with Crippen molar-refractivity contribution in [1.82, 2.24) is 16.0 Å². The monoisotopic (exact) mass is 555 g/mol. The van der Waals surface area contributed by atoms with Crippen LogP contribution in [0.2, 0.25) is 0 Å². The Morgan fingerprint density at radius 3 is 2.22 bits per heavy atom. The Hall–Kier alpha value is -4.56. The van der Waals surface area contributed by atoms with Crippen LogP contribution < -0.4 is 16.0 Å². The van der Waals surface area contributed by atoms with Gasteiger partial charge in [-0.15, -0.1) is 0 Å². The van der Waals surface area contributed by atoms with E-state index in [1.807, 2.05) is 72.8 Å². The van der Waals surface area contributed by atoms with E-state index in [1.54, 1.807) is 12.1 Å². The maximum Gasteiger partial charge on any atom is 0.305 e. The van der Waals surface area contributed by atoms with Gasteiger partial charge in [-0.1, -0.05) is 84.9 Å². The first-order chi connectivity index (χ1) is 19.9. The van der Waals surface area contributed by atoms with Crippen molar-refractivity contribution in [3.63, 3.8) is 0 Å². The highest BCUT2D eigenvalue weighted by atomic mass is 19.1. The molecule has 4 aromatic carbocycles. The lowest BCUT2D eigenvalue weighted by Crippen LogP contribution is -2.54. The average molecular weight is 556 g/mol. The first-order valence-electron chi connectivity index (χ1n) is 13.7. The number of carbonyl (C=O) groups excluding carboxylic acids is 2. The molecule has 8 heteroatoms. The van der Waals surface area contributed by atoms with E-state index in [-0.39, 0.29) is 13.0 Å². The molecule has 7 nitrogen and oxygen atoms in total. The predicted octanol–water partition coefficient (Wildman–Crippen LogP) is 4.39. The van der Waals surface area contributed by atoms with Gasteiger partial charge in [-0.2, -0.15) is 0 Å². The summed E-state index contributed by atoms with van der Waals surface area (Å²) in [6.07, 6.45) is 1.16. The molecule has 2 amide bonds. The summed E-state index contributed by atoms with van der Waals surface area (Å²) >= 11 is 0. The maximum atomic E-state index is 13.5. The lowest BCUT2D eigenvalue weighted by atomic mass is 10.0. The van der Waals surface area contributed by atoms with E-state index in [0.29, 0.717) is 18.5 Å². The Morgan fingerprint density at radius 2 is 1.46 bits per heavy atom. The number of carboxylic acids is 1. The smallest absolute Gasteiger partial charge is 0.305 e. The van der Waals surface area contributed by atoms with Crippen molar-refractivity contribution in [3.8, 4) is 0 Å². The lowest BCUT2D eigenvalue weighted by molar-refractivity contribution is -0.140. The molecular formula is C33H34FN3O4. The molecular weight excluding hydrogens is 521 g/mol. The number of benzene rings is 4. The molecule has 0 fully saturated rings. The third-order valence-corrected chi connectivity index (χ3v) is 6.89. The number of aryl methyl sites for hydroxylation is 1. The van der Waals surface area contributed by atoms with Crippen LogP contribution in [-0.4, -0.2) is 41.5 Å². The average Bonchev–Trinajstić information content (AvgIpc) is 2.98. The number of rotatable bonds is 14. The van der Waals surface area contributed by atoms with Crippen LogP contribution in [-0.2, 0) is 33.8 Å². The normalized spacial score (nSPS) is 12.4. The summed E-state index contributed by atoms with van der Waals surface area (Å²) in [5, 5.41) is 20.2. The van der Waals surface area contributed by atoms with Gasteiger partial charge in [0.05, 0.1) is 12.5 Å². The fourth-order valence-corrected chi connectivity index (χ4v) is 4.74. The van der Waals surface area contributed by atoms with Gasteiger partial charge in [0, 0.05) is 13.0 Å². The van der Waals surface area contributed by atoms with Crippen molar-refractivity contribution in [1.29, 1.82) is 0 Å². The third kappa shape index (κ3) is 8.98. The molecule has 4 rings (SSSR count). The molecule has 1 unspecified atom stereocenters. The number of hydrogen-bond donors (Lipinski definition) is 4. The molecule has 0 aliphatic rings. The second kappa shape index (κ2) is 14.7. The molecule has 0 radical (unpaired) electrons. The van der Waals surface area contributed by atoms with Gasteiger partial charge in [-0.3, -0.25) is 14.4 Å². The molecule has 4 N–H and O–H groups in total. The Morgan fingerprint density at radius 1 is 0.756 bits per heavy atom. The van der Waals surface area contributed by atoms with E-state index in [1.165, 1.54) is 12.1 Å². The summed E-state index contributed by atoms with van der Waals surface area (Å²) in [6, 6.07) is 27.3. The molecule has 2 atom stereocenters. The van der Waals surface area contributed by atoms with E-state index in [4.69, 9.17) is 0 Å². The molecule has 41 heavy (non-hydrogen) atoms. The minimum Gasteiger partial charge on any atom is -0.481 e. The lowest BCUT2D eigenvalue weighted by Gasteiger charge is -2.23. The van der Waals surface area contributed by atoms with Crippen LogP contribution in [0.15, 0.2) is 97.1 Å². The molecule has 0 saturated carbocycles. The van der Waals surface area contributed by atoms with E-state index >= 15 is 0 Å². The summed E-state index contributed by atoms with van der Waals surface area (Å²) in [4.78, 5) is 38.2. The number of hydrogen-bond acceptors (Lipinski definition) is 4. The third-order valence-electron chi connectivity index (χ3n) is 6.89. The van der Waals surface area contributed by atoms with E-state index in [0.717, 1.165) is 28.3 Å². The topological polar surface area (TPSA) is 108 Å². The molecule has 212 valence electrons. The summed E-state index contributed by atoms with van der Waals surface area (Å²) in [6.45, 7) is 0.669. The maximum absolute atomic E-state index is 13.5. The van der Waals surface area contributed by atoms with Gasteiger partial charge >= 0.3 is 5.97 Å². The molecule has 0 aliphatic heterocycles. The van der Waals surface area contributed by atoms with Crippen LogP contribution in [0.25, 0.3) is 10.8 Å². The first-order valence-corrected chi connectivity index (χ1v) is 13.7. The van der Waals surface area contributed by atoms with Crippen LogP contribution in [0.5, 0.6) is 0 Å². The molecule has 0 saturated heterocycles. The standard InChI is InChI=1S/C33H34FN3O4/c34-27-17-15-24(16-18-27)20-30(32(40)36-22-26-13-6-12-25-11-4-5-14-28(25)26)37-33(41)29(21-31(38)39)35-19-7-10-23-8-2-1-3-9-23/h1-6,8-9,11-18,29-30,35H,7,10,19-22H2,(H,36,40)(H,37,41)(H,38,39)/t29?,30-/m0/s1. The Kier molecular flexibility index (Phi) is 10.6. The highest BCUT2D eigenvalue weighted by Gasteiger charge is 2.27. The number of halogens is 1. The molecule has 0 heterocycles. The highest BCUT2D eigenvalue weighted by molar-refractivity contribution is 5.92. The van der Waals surface area contributed by atoms with E-state index in [2.05, 4.69) is 16.0 Å². The predicted molar refractivity (Wildman–Crippen MR) is 157 cm³/mol. The van der Waals surface area contributed by atoms with Crippen LogP contribution in [0.3, 0.4) is 0 Å². The van der Waals surface area contributed by atoms with Gasteiger partial charge in [0.15, 0.2) is 0 Å². The van der Waals surface area contributed by atoms with Gasteiger partial charge in [-0.05, 0) is 59.0 Å². The Balaban J connectivity index is 1.44. The minimum absolute atomic E-state index is 0.112. The molecule has 0 aliphatic carbocycles. The Labute approximate surface area is 238 Å². The van der Waals surface area contributed by atoms with Crippen molar-refractivity contribution in [2.45, 2.75) is 44.3 Å². The zero-order valence-electron chi connectivity index (χ0n) is 22.7. The van der Waals surface area contributed by atoms with Crippen molar-refractivity contribution in [3.05, 3.63) is 120 Å². The van der Waals surface area contributed by atoms with Crippen LogP contribution in [0.4, 0.5) is 4.39 Å². The summed E-state index contributed by atoms with van der Waals surface area (Å²) in [5.74, 6) is -2.54. The van der Waals surface area contributed by atoms with Crippen LogP contribution >= 0.6 is 0 Å². The minimum atomic E-state index is -1.13. The summed E-state index contributed by atoms with van der Waals surface area (Å²) in [7, 11) is 0. The number of fused-ring (bicyclic) bond motifs is 1. The second-order valence-corrected chi connectivity index (χ2v) is 9.94. The number of amides is 2. The Bertz CT molecular complexity index is 1460. The van der Waals surface area contributed by atoms with E-state index < -0.39 is 42.1 Å². The largest absolute Gasteiger partial charge is 0.481 e. The van der Waals surface area contributed by atoms with Gasteiger partial charge < -0.3 is 21.1 Å². The first kappa shape index (κ1) is 29.4. The number of nitrogens with one attached hydrogen (secondary N) is 3. The molecule has 4 aromatic rings. The fourth-order valence-electron chi connectivity index (χ4n) is 4.74. The van der Waals surface area contributed by atoms with Crippen LogP contribution in [0.1, 0.15) is 29.5 Å². The van der Waals surface area contributed by atoms with Gasteiger partial charge in [0.2, 0.25) is 11.8 Å². The number of carbonyl (C=O) groups is 3. The number of carboxylic acid groups (broad SMARTS) is 1. The van der Waals surface area contributed by atoms with Gasteiger partial charge in [0.25, 0.3) is 0 Å². The molecule has 0 spiro atoms. The fraction of sp³-hybridized carbons (Fsp3) is 0.242. The van der Waals surface area contributed by atoms with Crippen molar-refractivity contribution in [2.75, 3.05) is 6.54 Å². The van der Waals surface area contributed by atoms with Crippen molar-refractivity contribution >= 4 is 28.6 Å². The van der Waals surface area contributed by atoms with Gasteiger partial charge in [0.1, 0.15) is 11.9 Å². The molecule has 0 aromatic heterocycles. The van der Waals surface area contributed by atoms with Crippen LogP contribution in [0, 0.1) is 5.82 Å². The molecule has 0 bridgehead atoms. The second-order valence-electron chi connectivity index (χ2n) is 9.94. The van der Waals surface area contributed by atoms with Crippen molar-refractivity contribution < 1.29 is 23.9 Å². The highest BCUT2D eigenvalue weighted by Crippen LogP contribution is 2.18. The zero-order valence-corrected chi connectivity index (χ0v) is 22.7. The van der Waals surface area contributed by atoms with E-state index in [9.17, 15) is 23.9 Å².